The Balaban J connectivity index is 2.71. The van der Waals surface area contributed by atoms with Crippen molar-refractivity contribution in [3.05, 3.63) is 29.3 Å². The van der Waals surface area contributed by atoms with Gasteiger partial charge in [0.1, 0.15) is 5.75 Å². The van der Waals surface area contributed by atoms with Crippen LogP contribution in [0.1, 0.15) is 29.8 Å². The van der Waals surface area contributed by atoms with Gasteiger partial charge in [-0.3, -0.25) is 4.79 Å². The van der Waals surface area contributed by atoms with Gasteiger partial charge in [0.25, 0.3) is 5.91 Å². The molecule has 0 unspecified atom stereocenters. The maximum atomic E-state index is 11.4. The number of aromatic carboxylic acids is 1. The summed E-state index contributed by atoms with van der Waals surface area (Å²) >= 11 is 0. The number of carbonyl (C=O) groups excluding carboxylic acids is 1. The fourth-order valence-electron chi connectivity index (χ4n) is 1.51. The van der Waals surface area contributed by atoms with Gasteiger partial charge in [0.15, 0.2) is 6.61 Å². The predicted molar refractivity (Wildman–Crippen MR) is 66.9 cm³/mol. The van der Waals surface area contributed by atoms with Gasteiger partial charge >= 0.3 is 5.97 Å². The molecule has 1 rings (SSSR count). The van der Waals surface area contributed by atoms with Crippen molar-refractivity contribution in [1.82, 2.24) is 5.32 Å². The molecule has 0 radical (unpaired) electrons. The van der Waals surface area contributed by atoms with Gasteiger partial charge in [-0.25, -0.2) is 4.79 Å². The first-order valence-corrected chi connectivity index (χ1v) is 5.67. The molecule has 0 spiro atoms. The van der Waals surface area contributed by atoms with Crippen LogP contribution in [-0.4, -0.2) is 29.6 Å². The molecule has 0 saturated carbocycles. The Morgan fingerprint density at radius 3 is 2.61 bits per heavy atom. The van der Waals surface area contributed by atoms with Crippen LogP contribution >= 0.6 is 0 Å². The molecule has 0 fully saturated rings. The summed E-state index contributed by atoms with van der Waals surface area (Å²) in [6.45, 7) is 5.24. The third-order valence-electron chi connectivity index (χ3n) is 2.32. The lowest BCUT2D eigenvalue weighted by Gasteiger charge is -2.12. The number of ether oxygens (including phenoxy) is 1. The zero-order valence-electron chi connectivity index (χ0n) is 10.7. The van der Waals surface area contributed by atoms with Crippen LogP contribution in [0.3, 0.4) is 0 Å². The summed E-state index contributed by atoms with van der Waals surface area (Å²) in [7, 11) is 0. The first-order valence-electron chi connectivity index (χ1n) is 5.67. The molecule has 1 aromatic rings. The number of rotatable bonds is 5. The Bertz CT molecular complexity index is 454. The van der Waals surface area contributed by atoms with Gasteiger partial charge in [0, 0.05) is 11.6 Å². The highest BCUT2D eigenvalue weighted by molar-refractivity contribution is 5.90. The molecule has 0 aliphatic heterocycles. The Hall–Kier alpha value is -2.04. The predicted octanol–water partition coefficient (Wildman–Crippen LogP) is 1.60. The maximum absolute atomic E-state index is 11.4. The number of carboxylic acid groups (broad SMARTS) is 1. The second-order valence-corrected chi connectivity index (χ2v) is 4.24. The third kappa shape index (κ3) is 3.76. The highest BCUT2D eigenvalue weighted by Crippen LogP contribution is 2.21. The number of benzene rings is 1. The van der Waals surface area contributed by atoms with Crippen LogP contribution in [0.4, 0.5) is 0 Å². The Morgan fingerprint density at radius 2 is 2.06 bits per heavy atom. The van der Waals surface area contributed by atoms with Crippen LogP contribution in [0.2, 0.25) is 0 Å². The minimum atomic E-state index is -1.01. The zero-order valence-corrected chi connectivity index (χ0v) is 10.7. The maximum Gasteiger partial charge on any atom is 0.336 e. The van der Waals surface area contributed by atoms with Gasteiger partial charge in [-0.05, 0) is 32.9 Å². The molecule has 18 heavy (non-hydrogen) atoms. The Labute approximate surface area is 106 Å². The lowest BCUT2D eigenvalue weighted by Crippen LogP contribution is -2.34. The molecule has 5 heteroatoms. The topological polar surface area (TPSA) is 75.6 Å². The number of carbonyl (C=O) groups is 2. The van der Waals surface area contributed by atoms with Gasteiger partial charge in [-0.1, -0.05) is 6.07 Å². The lowest BCUT2D eigenvalue weighted by molar-refractivity contribution is -0.123. The van der Waals surface area contributed by atoms with E-state index in [9.17, 15) is 9.59 Å². The zero-order chi connectivity index (χ0) is 13.7. The first kappa shape index (κ1) is 14.0. The van der Waals surface area contributed by atoms with Crippen molar-refractivity contribution >= 4 is 11.9 Å². The van der Waals surface area contributed by atoms with Crippen LogP contribution < -0.4 is 10.1 Å². The number of nitrogens with one attached hydrogen (secondary N) is 1. The van der Waals surface area contributed by atoms with E-state index in [1.54, 1.807) is 19.1 Å². The van der Waals surface area contributed by atoms with Gasteiger partial charge in [0.05, 0.1) is 5.56 Å². The molecule has 2 N–H and O–H groups in total. The van der Waals surface area contributed by atoms with Crippen molar-refractivity contribution in [2.75, 3.05) is 6.61 Å². The molecule has 1 aromatic carbocycles. The van der Waals surface area contributed by atoms with Crippen LogP contribution in [0, 0.1) is 6.92 Å². The van der Waals surface area contributed by atoms with Crippen molar-refractivity contribution in [3.63, 3.8) is 0 Å². The van der Waals surface area contributed by atoms with E-state index < -0.39 is 5.97 Å². The van der Waals surface area contributed by atoms with Crippen LogP contribution in [0.15, 0.2) is 18.2 Å². The van der Waals surface area contributed by atoms with E-state index in [2.05, 4.69) is 5.32 Å². The molecule has 0 heterocycles. The lowest BCUT2D eigenvalue weighted by atomic mass is 10.1. The van der Waals surface area contributed by atoms with Gasteiger partial charge < -0.3 is 15.2 Å². The number of hydrogen-bond donors (Lipinski definition) is 2. The Morgan fingerprint density at radius 1 is 1.39 bits per heavy atom. The Kier molecular flexibility index (Phi) is 4.71. The number of carboxylic acids is 1. The minimum absolute atomic E-state index is 0.0487. The molecule has 0 saturated heterocycles. The molecule has 0 aliphatic carbocycles. The second kappa shape index (κ2) is 6.05. The SMILES string of the molecule is Cc1c(OCC(=O)NC(C)C)cccc1C(=O)O. The summed E-state index contributed by atoms with van der Waals surface area (Å²) in [5.41, 5.74) is 0.694. The molecular formula is C13H17NO4. The quantitative estimate of drug-likeness (QED) is 0.833. The number of amides is 1. The molecular weight excluding hydrogens is 234 g/mol. The average Bonchev–Trinajstić information content (AvgIpc) is 2.26. The second-order valence-electron chi connectivity index (χ2n) is 4.24. The van der Waals surface area contributed by atoms with E-state index in [1.807, 2.05) is 13.8 Å². The van der Waals surface area contributed by atoms with E-state index in [0.29, 0.717) is 11.3 Å². The molecule has 5 nitrogen and oxygen atoms in total. The standard InChI is InChI=1S/C13H17NO4/c1-8(2)14-12(15)7-18-11-6-4-5-10(9(11)3)13(16)17/h4-6,8H,7H2,1-3H3,(H,14,15)(H,16,17). The van der Waals surface area contributed by atoms with Crippen molar-refractivity contribution < 1.29 is 19.4 Å². The van der Waals surface area contributed by atoms with Gasteiger partial charge in [0.2, 0.25) is 0 Å². The molecule has 0 atom stereocenters. The van der Waals surface area contributed by atoms with E-state index in [0.717, 1.165) is 0 Å². The smallest absolute Gasteiger partial charge is 0.336 e. The fourth-order valence-corrected chi connectivity index (χ4v) is 1.51. The summed E-state index contributed by atoms with van der Waals surface area (Å²) in [6, 6.07) is 4.78. The molecule has 0 aromatic heterocycles. The normalized spacial score (nSPS) is 10.2. The monoisotopic (exact) mass is 251 g/mol. The highest BCUT2D eigenvalue weighted by Gasteiger charge is 2.12. The van der Waals surface area contributed by atoms with Gasteiger partial charge in [-0.15, -0.1) is 0 Å². The van der Waals surface area contributed by atoms with E-state index >= 15 is 0 Å². The van der Waals surface area contributed by atoms with Crippen LogP contribution in [0.25, 0.3) is 0 Å². The summed E-state index contributed by atoms with van der Waals surface area (Å²) < 4.78 is 5.31. The average molecular weight is 251 g/mol. The van der Waals surface area contributed by atoms with Crippen molar-refractivity contribution in [1.29, 1.82) is 0 Å². The summed E-state index contributed by atoms with van der Waals surface area (Å²) in [4.78, 5) is 22.3. The molecule has 1 amide bonds. The third-order valence-corrected chi connectivity index (χ3v) is 2.32. The summed E-state index contributed by atoms with van der Waals surface area (Å²) in [5, 5.41) is 11.6. The minimum Gasteiger partial charge on any atom is -0.483 e. The van der Waals surface area contributed by atoms with Gasteiger partial charge in [-0.2, -0.15) is 0 Å². The van der Waals surface area contributed by atoms with Crippen LogP contribution in [0.5, 0.6) is 5.75 Å². The van der Waals surface area contributed by atoms with Crippen molar-refractivity contribution in [3.8, 4) is 5.75 Å². The molecule has 98 valence electrons. The summed E-state index contributed by atoms with van der Waals surface area (Å²) in [6.07, 6.45) is 0. The van der Waals surface area contributed by atoms with E-state index in [1.165, 1.54) is 6.07 Å². The first-order chi connectivity index (χ1) is 8.41. The number of hydrogen-bond acceptors (Lipinski definition) is 3. The van der Waals surface area contributed by atoms with Crippen molar-refractivity contribution in [2.24, 2.45) is 0 Å². The highest BCUT2D eigenvalue weighted by atomic mass is 16.5. The van der Waals surface area contributed by atoms with E-state index in [4.69, 9.17) is 9.84 Å². The van der Waals surface area contributed by atoms with Crippen molar-refractivity contribution in [2.45, 2.75) is 26.8 Å². The van der Waals surface area contributed by atoms with Crippen LogP contribution in [-0.2, 0) is 4.79 Å². The summed E-state index contributed by atoms with van der Waals surface area (Å²) in [5.74, 6) is -0.830. The molecule has 0 bridgehead atoms. The largest absolute Gasteiger partial charge is 0.483 e. The molecule has 0 aliphatic rings. The fraction of sp³-hybridized carbons (Fsp3) is 0.385. The van der Waals surface area contributed by atoms with E-state index in [-0.39, 0.29) is 24.1 Å².